The molecule has 18 heavy (non-hydrogen) atoms. The molecular weight excluding hydrogens is 248 g/mol. The molecule has 1 N–H and O–H groups in total. The maximum absolute atomic E-state index is 11.7. The predicted octanol–water partition coefficient (Wildman–Crippen LogP) is 1.79. The summed E-state index contributed by atoms with van der Waals surface area (Å²) in [4.78, 5) is 16.1. The molecule has 0 aliphatic carbocycles. The zero-order valence-electron chi connectivity index (χ0n) is 10.8. The van der Waals surface area contributed by atoms with Gasteiger partial charge in [-0.2, -0.15) is 0 Å². The zero-order valence-corrected chi connectivity index (χ0v) is 11.6. The summed E-state index contributed by atoms with van der Waals surface area (Å²) in [6, 6.07) is 0. The van der Waals surface area contributed by atoms with Gasteiger partial charge in [-0.15, -0.1) is 11.3 Å². The molecule has 4 nitrogen and oxygen atoms in total. The summed E-state index contributed by atoms with van der Waals surface area (Å²) in [5, 5.41) is 6.16. The van der Waals surface area contributed by atoms with Crippen LogP contribution < -0.4 is 5.32 Å². The fourth-order valence-electron chi connectivity index (χ4n) is 2.01. The van der Waals surface area contributed by atoms with Crippen LogP contribution in [0, 0.1) is 5.92 Å². The first-order valence-corrected chi connectivity index (χ1v) is 7.43. The first-order chi connectivity index (χ1) is 8.78. The average Bonchev–Trinajstić information content (AvgIpc) is 3.00. The van der Waals surface area contributed by atoms with Crippen molar-refractivity contribution in [3.8, 4) is 0 Å². The van der Waals surface area contributed by atoms with Gasteiger partial charge in [-0.25, -0.2) is 4.98 Å². The third-order valence-electron chi connectivity index (χ3n) is 3.12. The maximum atomic E-state index is 11.7. The molecular formula is C13H20N2O2S. The van der Waals surface area contributed by atoms with Gasteiger partial charge in [0.15, 0.2) is 0 Å². The minimum Gasteiger partial charge on any atom is -0.381 e. The molecule has 1 aliphatic heterocycles. The highest BCUT2D eigenvalue weighted by Crippen LogP contribution is 2.15. The monoisotopic (exact) mass is 268 g/mol. The summed E-state index contributed by atoms with van der Waals surface area (Å²) < 4.78 is 5.26. The molecule has 1 fully saturated rings. The number of carbonyl (C=O) groups is 1. The number of carbonyl (C=O) groups excluding carboxylic acids is 1. The molecule has 100 valence electrons. The van der Waals surface area contributed by atoms with Gasteiger partial charge >= 0.3 is 0 Å². The van der Waals surface area contributed by atoms with Crippen molar-refractivity contribution in [3.05, 3.63) is 16.1 Å². The molecule has 1 aromatic heterocycles. The van der Waals surface area contributed by atoms with E-state index in [-0.39, 0.29) is 5.91 Å². The lowest BCUT2D eigenvalue weighted by Gasteiger charge is -2.07. The Bertz CT molecular complexity index is 386. The molecule has 1 aliphatic rings. The van der Waals surface area contributed by atoms with E-state index in [4.69, 9.17) is 4.74 Å². The number of hydrogen-bond acceptors (Lipinski definition) is 4. The Balaban J connectivity index is 1.63. The molecule has 2 heterocycles. The van der Waals surface area contributed by atoms with Crippen LogP contribution in [0.2, 0.25) is 0 Å². The second kappa shape index (κ2) is 6.85. The van der Waals surface area contributed by atoms with Crippen LogP contribution in [0.4, 0.5) is 0 Å². The van der Waals surface area contributed by atoms with Crippen LogP contribution in [0.15, 0.2) is 5.38 Å². The van der Waals surface area contributed by atoms with Crippen LogP contribution in [-0.4, -0.2) is 30.6 Å². The summed E-state index contributed by atoms with van der Waals surface area (Å²) in [5.41, 5.74) is 1.14. The maximum Gasteiger partial charge on any atom is 0.220 e. The van der Waals surface area contributed by atoms with Crippen LogP contribution in [-0.2, 0) is 22.4 Å². The second-order valence-electron chi connectivity index (χ2n) is 4.62. The van der Waals surface area contributed by atoms with Gasteiger partial charge in [-0.3, -0.25) is 4.79 Å². The third-order valence-corrected chi connectivity index (χ3v) is 4.08. The number of rotatable bonds is 6. The number of aromatic nitrogens is 1. The van der Waals surface area contributed by atoms with Crippen LogP contribution in [0.1, 0.15) is 30.5 Å². The molecule has 0 spiro atoms. The van der Waals surface area contributed by atoms with E-state index in [1.165, 1.54) is 0 Å². The van der Waals surface area contributed by atoms with E-state index in [1.807, 2.05) is 0 Å². The van der Waals surface area contributed by atoms with Crippen LogP contribution in [0.3, 0.4) is 0 Å². The zero-order chi connectivity index (χ0) is 12.8. The topological polar surface area (TPSA) is 51.2 Å². The molecule has 1 saturated heterocycles. The Kier molecular flexibility index (Phi) is 5.13. The molecule has 0 bridgehead atoms. The lowest BCUT2D eigenvalue weighted by Crippen LogP contribution is -2.27. The summed E-state index contributed by atoms with van der Waals surface area (Å²) >= 11 is 1.68. The van der Waals surface area contributed by atoms with Gasteiger partial charge < -0.3 is 10.1 Å². The normalized spacial score (nSPS) is 19.1. The van der Waals surface area contributed by atoms with E-state index < -0.39 is 0 Å². The van der Waals surface area contributed by atoms with E-state index in [2.05, 4.69) is 22.6 Å². The van der Waals surface area contributed by atoms with Crippen molar-refractivity contribution in [2.45, 2.75) is 32.6 Å². The number of thiazole rings is 1. The first kappa shape index (κ1) is 13.5. The molecule has 1 aromatic rings. The predicted molar refractivity (Wildman–Crippen MR) is 71.7 cm³/mol. The summed E-state index contributed by atoms with van der Waals surface area (Å²) in [6.07, 6.45) is 3.42. The number of ether oxygens (including phenoxy) is 1. The smallest absolute Gasteiger partial charge is 0.220 e. The van der Waals surface area contributed by atoms with Crippen molar-refractivity contribution in [1.82, 2.24) is 10.3 Å². The lowest BCUT2D eigenvalue weighted by atomic mass is 10.1. The number of nitrogens with zero attached hydrogens (tertiary/aromatic N) is 1. The Morgan fingerprint density at radius 2 is 2.56 bits per heavy atom. The Hall–Kier alpha value is -0.940. The standard InChI is InChI=1S/C13H20N2O2S/c1-2-11-9-18-13(15-11)3-5-14-12(16)7-10-4-6-17-8-10/h9-10H,2-8H2,1H3,(H,14,16)/t10-/m0/s1. The van der Waals surface area contributed by atoms with Crippen molar-refractivity contribution < 1.29 is 9.53 Å². The Morgan fingerprint density at radius 3 is 3.22 bits per heavy atom. The van der Waals surface area contributed by atoms with Crippen LogP contribution in [0.25, 0.3) is 0 Å². The number of hydrogen-bond donors (Lipinski definition) is 1. The van der Waals surface area contributed by atoms with Gasteiger partial charge in [-0.1, -0.05) is 6.92 Å². The minimum absolute atomic E-state index is 0.137. The van der Waals surface area contributed by atoms with E-state index >= 15 is 0 Å². The highest BCUT2D eigenvalue weighted by Gasteiger charge is 2.18. The highest BCUT2D eigenvalue weighted by molar-refractivity contribution is 7.09. The van der Waals surface area contributed by atoms with Gasteiger partial charge in [0.2, 0.25) is 5.91 Å². The highest BCUT2D eigenvalue weighted by atomic mass is 32.1. The number of nitrogens with one attached hydrogen (secondary N) is 1. The van der Waals surface area contributed by atoms with E-state index in [0.29, 0.717) is 18.9 Å². The Morgan fingerprint density at radius 1 is 1.67 bits per heavy atom. The van der Waals surface area contributed by atoms with Crippen molar-refractivity contribution in [2.24, 2.45) is 5.92 Å². The van der Waals surface area contributed by atoms with Crippen molar-refractivity contribution >= 4 is 17.2 Å². The van der Waals surface area contributed by atoms with Gasteiger partial charge in [0.1, 0.15) is 0 Å². The number of amides is 1. The Labute approximate surface area is 112 Å². The van der Waals surface area contributed by atoms with Gasteiger partial charge in [0.25, 0.3) is 0 Å². The molecule has 0 unspecified atom stereocenters. The summed E-state index contributed by atoms with van der Waals surface area (Å²) in [5.74, 6) is 0.550. The molecule has 1 amide bonds. The van der Waals surface area contributed by atoms with Gasteiger partial charge in [-0.05, 0) is 18.8 Å². The van der Waals surface area contributed by atoms with Crippen molar-refractivity contribution in [3.63, 3.8) is 0 Å². The first-order valence-electron chi connectivity index (χ1n) is 6.55. The largest absolute Gasteiger partial charge is 0.381 e. The fraction of sp³-hybridized carbons (Fsp3) is 0.692. The average molecular weight is 268 g/mol. The lowest BCUT2D eigenvalue weighted by molar-refractivity contribution is -0.122. The summed E-state index contributed by atoms with van der Waals surface area (Å²) in [6.45, 7) is 4.32. The van der Waals surface area contributed by atoms with E-state index in [9.17, 15) is 4.79 Å². The third kappa shape index (κ3) is 4.07. The second-order valence-corrected chi connectivity index (χ2v) is 5.56. The van der Waals surface area contributed by atoms with Crippen molar-refractivity contribution in [1.29, 1.82) is 0 Å². The molecule has 5 heteroatoms. The SMILES string of the molecule is CCc1csc(CCNC(=O)C[C@@H]2CCOC2)n1. The fourth-order valence-corrected chi connectivity index (χ4v) is 2.89. The molecule has 0 radical (unpaired) electrons. The minimum atomic E-state index is 0.137. The van der Waals surface area contributed by atoms with E-state index in [1.54, 1.807) is 11.3 Å². The quantitative estimate of drug-likeness (QED) is 0.856. The van der Waals surface area contributed by atoms with Crippen LogP contribution in [0.5, 0.6) is 0 Å². The number of aryl methyl sites for hydroxylation is 1. The van der Waals surface area contributed by atoms with Crippen molar-refractivity contribution in [2.75, 3.05) is 19.8 Å². The molecule has 0 aromatic carbocycles. The molecule has 1 atom stereocenters. The van der Waals surface area contributed by atoms with Gasteiger partial charge in [0, 0.05) is 38.0 Å². The summed E-state index contributed by atoms with van der Waals surface area (Å²) in [7, 11) is 0. The van der Waals surface area contributed by atoms with Crippen LogP contribution >= 0.6 is 11.3 Å². The van der Waals surface area contributed by atoms with Gasteiger partial charge in [0.05, 0.1) is 10.7 Å². The molecule has 0 saturated carbocycles. The molecule has 2 rings (SSSR count). The van der Waals surface area contributed by atoms with E-state index in [0.717, 1.165) is 43.2 Å².